The van der Waals surface area contributed by atoms with Gasteiger partial charge in [0.05, 0.1) is 27.8 Å². The highest BCUT2D eigenvalue weighted by Crippen LogP contribution is 2.30. The number of amidine groups is 1. The molecule has 0 spiro atoms. The molecule has 0 unspecified atom stereocenters. The van der Waals surface area contributed by atoms with Crippen molar-refractivity contribution in [1.29, 1.82) is 0 Å². The summed E-state index contributed by atoms with van der Waals surface area (Å²) in [4.78, 5) is 25.8. The smallest absolute Gasteiger partial charge is 0.286 e. The first kappa shape index (κ1) is 16.6. The maximum absolute atomic E-state index is 12.3. The average Bonchev–Trinajstić information content (AvgIpc) is 3.06. The molecule has 4 aromatic rings. The maximum atomic E-state index is 12.3. The minimum atomic E-state index is -0.243. The van der Waals surface area contributed by atoms with E-state index in [1.165, 1.54) is 11.8 Å². The van der Waals surface area contributed by atoms with Crippen molar-refractivity contribution in [3.63, 3.8) is 0 Å². The molecule has 134 valence electrons. The van der Waals surface area contributed by atoms with Gasteiger partial charge in [0.15, 0.2) is 5.17 Å². The van der Waals surface area contributed by atoms with E-state index in [9.17, 15) is 4.79 Å². The van der Waals surface area contributed by atoms with Gasteiger partial charge in [0.1, 0.15) is 0 Å². The largest absolute Gasteiger partial charge is 0.333 e. The number of carbonyl (C=O) groups excluding carboxylic acids is 1. The van der Waals surface area contributed by atoms with Gasteiger partial charge < -0.3 is 5.32 Å². The van der Waals surface area contributed by atoms with E-state index in [2.05, 4.69) is 20.3 Å². The average molecular weight is 382 g/mol. The summed E-state index contributed by atoms with van der Waals surface area (Å²) in [5.41, 5.74) is 3.60. The van der Waals surface area contributed by atoms with Crippen LogP contribution in [-0.2, 0) is 4.79 Å². The van der Waals surface area contributed by atoms with E-state index in [-0.39, 0.29) is 5.91 Å². The normalized spacial score (nSPS) is 15.4. The van der Waals surface area contributed by atoms with E-state index < -0.39 is 0 Å². The number of thioether (sulfide) groups is 1. The van der Waals surface area contributed by atoms with Gasteiger partial charge in [0, 0.05) is 17.0 Å². The number of hydrogen-bond donors (Lipinski definition) is 1. The molecule has 5 nitrogen and oxygen atoms in total. The summed E-state index contributed by atoms with van der Waals surface area (Å²) in [6, 6.07) is 19.7. The van der Waals surface area contributed by atoms with Crippen LogP contribution in [0, 0.1) is 0 Å². The number of aromatic nitrogens is 2. The van der Waals surface area contributed by atoms with Gasteiger partial charge in [-0.15, -0.1) is 0 Å². The SMILES string of the molecule is O=C1N=C(Nc2cnc3ccccc3c2)SC1=Cc1ccc2ncccc2c1. The number of benzene rings is 2. The van der Waals surface area contributed by atoms with Crippen LogP contribution < -0.4 is 5.32 Å². The standard InChI is InChI=1S/C22H14N4OS/c27-21-20(11-14-7-8-19-15(10-14)5-3-9-23-19)28-22(26-21)25-17-12-16-4-1-2-6-18(16)24-13-17/h1-13H,(H,25,26,27). The van der Waals surface area contributed by atoms with Gasteiger partial charge in [-0.1, -0.05) is 30.3 Å². The molecule has 1 N–H and O–H groups in total. The first-order valence-corrected chi connectivity index (χ1v) is 9.55. The first-order valence-electron chi connectivity index (χ1n) is 8.74. The lowest BCUT2D eigenvalue weighted by Crippen LogP contribution is -2.05. The lowest BCUT2D eigenvalue weighted by atomic mass is 10.1. The van der Waals surface area contributed by atoms with Crippen molar-refractivity contribution in [3.05, 3.63) is 83.5 Å². The topological polar surface area (TPSA) is 67.2 Å². The van der Waals surface area contributed by atoms with E-state index in [4.69, 9.17) is 0 Å². The first-order chi connectivity index (χ1) is 13.7. The number of anilines is 1. The fraction of sp³-hybridized carbons (Fsp3) is 0. The molecule has 6 heteroatoms. The second-order valence-corrected chi connectivity index (χ2v) is 7.36. The van der Waals surface area contributed by atoms with Crippen LogP contribution >= 0.6 is 11.8 Å². The highest BCUT2D eigenvalue weighted by atomic mass is 32.2. The highest BCUT2D eigenvalue weighted by molar-refractivity contribution is 8.18. The molecule has 1 aliphatic heterocycles. The molecule has 3 heterocycles. The Labute approximate surface area is 165 Å². The van der Waals surface area contributed by atoms with Gasteiger partial charge in [-0.25, -0.2) is 0 Å². The third-order valence-corrected chi connectivity index (χ3v) is 5.29. The molecule has 1 amide bonds. The molecule has 0 atom stereocenters. The molecular weight excluding hydrogens is 368 g/mol. The lowest BCUT2D eigenvalue weighted by Gasteiger charge is -2.05. The molecule has 5 rings (SSSR count). The number of carbonyl (C=O) groups is 1. The summed E-state index contributed by atoms with van der Waals surface area (Å²) in [5.74, 6) is -0.243. The number of hydrogen-bond acceptors (Lipinski definition) is 5. The quantitative estimate of drug-likeness (QED) is 0.501. The maximum Gasteiger partial charge on any atom is 0.286 e. The second-order valence-electron chi connectivity index (χ2n) is 6.33. The molecule has 0 aliphatic carbocycles. The molecule has 1 aliphatic rings. The predicted molar refractivity (Wildman–Crippen MR) is 115 cm³/mol. The molecule has 0 radical (unpaired) electrons. The third-order valence-electron chi connectivity index (χ3n) is 4.39. The number of fused-ring (bicyclic) bond motifs is 2. The number of para-hydroxylation sites is 1. The molecule has 2 aromatic carbocycles. The van der Waals surface area contributed by atoms with Crippen LogP contribution in [0.25, 0.3) is 27.9 Å². The van der Waals surface area contributed by atoms with Crippen LogP contribution in [0.5, 0.6) is 0 Å². The molecule has 2 aromatic heterocycles. The van der Waals surface area contributed by atoms with Crippen molar-refractivity contribution >= 4 is 56.4 Å². The predicted octanol–water partition coefficient (Wildman–Crippen LogP) is 4.87. The molecule has 0 fully saturated rings. The zero-order valence-electron chi connectivity index (χ0n) is 14.7. The van der Waals surface area contributed by atoms with Crippen molar-refractivity contribution < 1.29 is 4.79 Å². The highest BCUT2D eigenvalue weighted by Gasteiger charge is 2.22. The van der Waals surface area contributed by atoms with Gasteiger partial charge in [-0.05, 0) is 53.7 Å². The summed E-state index contributed by atoms with van der Waals surface area (Å²) in [7, 11) is 0. The number of amides is 1. The van der Waals surface area contributed by atoms with Crippen molar-refractivity contribution in [2.24, 2.45) is 4.99 Å². The van der Waals surface area contributed by atoms with E-state index in [0.29, 0.717) is 10.1 Å². The van der Waals surface area contributed by atoms with Gasteiger partial charge in [0.25, 0.3) is 5.91 Å². The van der Waals surface area contributed by atoms with Crippen LogP contribution in [-0.4, -0.2) is 21.0 Å². The van der Waals surface area contributed by atoms with Crippen molar-refractivity contribution in [1.82, 2.24) is 9.97 Å². The Morgan fingerprint density at radius 2 is 1.71 bits per heavy atom. The molecular formula is C22H14N4OS. The summed E-state index contributed by atoms with van der Waals surface area (Å²) >= 11 is 1.33. The summed E-state index contributed by atoms with van der Waals surface area (Å²) in [6.45, 7) is 0. The van der Waals surface area contributed by atoms with E-state index >= 15 is 0 Å². The third kappa shape index (κ3) is 3.25. The minimum absolute atomic E-state index is 0.243. The number of rotatable bonds is 2. The Bertz CT molecular complexity index is 1300. The van der Waals surface area contributed by atoms with E-state index in [0.717, 1.165) is 33.1 Å². The second kappa shape index (κ2) is 6.90. The Morgan fingerprint density at radius 1 is 0.893 bits per heavy atom. The van der Waals surface area contributed by atoms with Gasteiger partial charge >= 0.3 is 0 Å². The lowest BCUT2D eigenvalue weighted by molar-refractivity contribution is -0.113. The van der Waals surface area contributed by atoms with Gasteiger partial charge in [0.2, 0.25) is 0 Å². The number of nitrogens with zero attached hydrogens (tertiary/aromatic N) is 3. The summed E-state index contributed by atoms with van der Waals surface area (Å²) < 4.78 is 0. The Balaban J connectivity index is 1.37. The van der Waals surface area contributed by atoms with Crippen molar-refractivity contribution in [2.75, 3.05) is 5.32 Å². The number of nitrogens with one attached hydrogen (secondary N) is 1. The van der Waals surface area contributed by atoms with Crippen molar-refractivity contribution in [2.45, 2.75) is 0 Å². The van der Waals surface area contributed by atoms with Gasteiger partial charge in [-0.3, -0.25) is 14.8 Å². The fourth-order valence-corrected chi connectivity index (χ4v) is 3.89. The van der Waals surface area contributed by atoms with Crippen LogP contribution in [0.2, 0.25) is 0 Å². The van der Waals surface area contributed by atoms with Crippen LogP contribution in [0.3, 0.4) is 0 Å². The number of aliphatic imine (C=N–C) groups is 1. The molecule has 0 bridgehead atoms. The number of pyridine rings is 2. The van der Waals surface area contributed by atoms with E-state index in [1.807, 2.05) is 66.7 Å². The molecule has 28 heavy (non-hydrogen) atoms. The zero-order valence-corrected chi connectivity index (χ0v) is 15.5. The Hall–Kier alpha value is -3.51. The summed E-state index contributed by atoms with van der Waals surface area (Å²) in [6.07, 6.45) is 5.37. The van der Waals surface area contributed by atoms with Crippen LogP contribution in [0.1, 0.15) is 5.56 Å². The molecule has 0 saturated heterocycles. The van der Waals surface area contributed by atoms with Crippen LogP contribution in [0.15, 0.2) is 83.0 Å². The monoisotopic (exact) mass is 382 g/mol. The van der Waals surface area contributed by atoms with Gasteiger partial charge in [-0.2, -0.15) is 4.99 Å². The molecule has 0 saturated carbocycles. The Morgan fingerprint density at radius 3 is 2.68 bits per heavy atom. The summed E-state index contributed by atoms with van der Waals surface area (Å²) in [5, 5.41) is 5.81. The zero-order chi connectivity index (χ0) is 18.9. The minimum Gasteiger partial charge on any atom is -0.333 e. The fourth-order valence-electron chi connectivity index (χ4n) is 3.06. The van der Waals surface area contributed by atoms with Crippen molar-refractivity contribution in [3.8, 4) is 0 Å². The Kier molecular flexibility index (Phi) is 4.10. The van der Waals surface area contributed by atoms with E-state index in [1.54, 1.807) is 12.4 Å². The van der Waals surface area contributed by atoms with Crippen LogP contribution in [0.4, 0.5) is 5.69 Å².